The quantitative estimate of drug-likeness (QED) is 0.704. The van der Waals surface area contributed by atoms with Gasteiger partial charge in [0, 0.05) is 31.5 Å². The van der Waals surface area contributed by atoms with E-state index in [9.17, 15) is 4.79 Å². The van der Waals surface area contributed by atoms with E-state index in [-0.39, 0.29) is 0 Å². The number of nitrogens with zero attached hydrogens (tertiary/aromatic N) is 1. The minimum atomic E-state index is 0.343. The maximum Gasteiger partial charge on any atom is 0.150 e. The second-order valence-corrected chi connectivity index (χ2v) is 3.80. The largest absolute Gasteiger partial charge is 0.380 e. The summed E-state index contributed by atoms with van der Waals surface area (Å²) in [5, 5.41) is 0. The van der Waals surface area contributed by atoms with E-state index in [1.54, 1.807) is 7.11 Å². The molecule has 2 rings (SSSR count). The molecule has 1 aliphatic heterocycles. The van der Waals surface area contributed by atoms with Crippen LogP contribution in [-0.2, 0) is 4.74 Å². The zero-order valence-electron chi connectivity index (χ0n) is 8.85. The van der Waals surface area contributed by atoms with Gasteiger partial charge >= 0.3 is 0 Å². The SMILES string of the molecule is COC1CCN(c2ccc(C=O)cc2)C1. The molecule has 0 bridgehead atoms. The summed E-state index contributed by atoms with van der Waals surface area (Å²) in [6, 6.07) is 7.68. The van der Waals surface area contributed by atoms with E-state index in [0.29, 0.717) is 6.10 Å². The Morgan fingerprint density at radius 2 is 2.13 bits per heavy atom. The number of rotatable bonds is 3. The van der Waals surface area contributed by atoms with Gasteiger partial charge < -0.3 is 9.64 Å². The van der Waals surface area contributed by atoms with Gasteiger partial charge in [0.1, 0.15) is 6.29 Å². The van der Waals surface area contributed by atoms with Gasteiger partial charge in [-0.05, 0) is 30.7 Å². The Morgan fingerprint density at radius 3 is 2.67 bits per heavy atom. The Kier molecular flexibility index (Phi) is 3.02. The molecule has 15 heavy (non-hydrogen) atoms. The zero-order valence-corrected chi connectivity index (χ0v) is 8.85. The number of aldehydes is 1. The lowest BCUT2D eigenvalue weighted by atomic mass is 10.2. The molecule has 3 nitrogen and oxygen atoms in total. The Labute approximate surface area is 89.7 Å². The van der Waals surface area contributed by atoms with E-state index < -0.39 is 0 Å². The van der Waals surface area contributed by atoms with Crippen LogP contribution >= 0.6 is 0 Å². The first kappa shape index (κ1) is 10.2. The first-order chi connectivity index (χ1) is 7.33. The van der Waals surface area contributed by atoms with Crippen molar-refractivity contribution >= 4 is 12.0 Å². The third-order valence-electron chi connectivity index (χ3n) is 2.87. The van der Waals surface area contributed by atoms with Gasteiger partial charge in [-0.25, -0.2) is 0 Å². The lowest BCUT2D eigenvalue weighted by Crippen LogP contribution is -2.21. The molecule has 1 aromatic carbocycles. The summed E-state index contributed by atoms with van der Waals surface area (Å²) in [4.78, 5) is 12.8. The number of anilines is 1. The van der Waals surface area contributed by atoms with Crippen LogP contribution in [0.5, 0.6) is 0 Å². The summed E-state index contributed by atoms with van der Waals surface area (Å²) in [5.74, 6) is 0. The Hall–Kier alpha value is -1.35. The Bertz CT molecular complexity index is 334. The van der Waals surface area contributed by atoms with Crippen LogP contribution in [0.15, 0.2) is 24.3 Å². The fourth-order valence-corrected chi connectivity index (χ4v) is 1.92. The third kappa shape index (κ3) is 2.18. The average molecular weight is 205 g/mol. The molecule has 1 atom stereocenters. The molecule has 0 radical (unpaired) electrons. The molecule has 80 valence electrons. The van der Waals surface area contributed by atoms with Crippen molar-refractivity contribution in [2.75, 3.05) is 25.1 Å². The fourth-order valence-electron chi connectivity index (χ4n) is 1.92. The van der Waals surface area contributed by atoms with E-state index in [1.807, 2.05) is 24.3 Å². The number of carbonyl (C=O) groups excluding carboxylic acids is 1. The van der Waals surface area contributed by atoms with Crippen molar-refractivity contribution in [3.8, 4) is 0 Å². The highest BCUT2D eigenvalue weighted by Gasteiger charge is 2.21. The summed E-state index contributed by atoms with van der Waals surface area (Å²) < 4.78 is 5.31. The number of carbonyl (C=O) groups is 1. The van der Waals surface area contributed by atoms with Crippen LogP contribution in [0.2, 0.25) is 0 Å². The van der Waals surface area contributed by atoms with Crippen molar-refractivity contribution in [1.29, 1.82) is 0 Å². The van der Waals surface area contributed by atoms with Crippen LogP contribution in [0.3, 0.4) is 0 Å². The highest BCUT2D eigenvalue weighted by Crippen LogP contribution is 2.21. The van der Waals surface area contributed by atoms with E-state index in [2.05, 4.69) is 4.90 Å². The molecule has 1 heterocycles. The van der Waals surface area contributed by atoms with Gasteiger partial charge in [0.05, 0.1) is 6.10 Å². The molecule has 0 aromatic heterocycles. The fraction of sp³-hybridized carbons (Fsp3) is 0.417. The minimum absolute atomic E-state index is 0.343. The molecule has 1 saturated heterocycles. The third-order valence-corrected chi connectivity index (χ3v) is 2.87. The van der Waals surface area contributed by atoms with Gasteiger partial charge in [0.25, 0.3) is 0 Å². The van der Waals surface area contributed by atoms with E-state index in [1.165, 1.54) is 5.69 Å². The lowest BCUT2D eigenvalue weighted by Gasteiger charge is -2.18. The maximum absolute atomic E-state index is 10.5. The van der Waals surface area contributed by atoms with Gasteiger partial charge in [-0.3, -0.25) is 4.79 Å². The van der Waals surface area contributed by atoms with Gasteiger partial charge in [-0.2, -0.15) is 0 Å². The monoisotopic (exact) mass is 205 g/mol. The van der Waals surface area contributed by atoms with Crippen LogP contribution in [-0.4, -0.2) is 32.6 Å². The number of benzene rings is 1. The van der Waals surface area contributed by atoms with Crippen molar-refractivity contribution in [1.82, 2.24) is 0 Å². The summed E-state index contributed by atoms with van der Waals surface area (Å²) in [5.41, 5.74) is 1.89. The van der Waals surface area contributed by atoms with Gasteiger partial charge in [0.2, 0.25) is 0 Å². The van der Waals surface area contributed by atoms with E-state index in [0.717, 1.165) is 31.4 Å². The molecule has 0 N–H and O–H groups in total. The van der Waals surface area contributed by atoms with Crippen LogP contribution in [0.4, 0.5) is 5.69 Å². The minimum Gasteiger partial charge on any atom is -0.380 e. The first-order valence-electron chi connectivity index (χ1n) is 5.16. The maximum atomic E-state index is 10.5. The average Bonchev–Trinajstić information content (AvgIpc) is 2.78. The highest BCUT2D eigenvalue weighted by molar-refractivity contribution is 5.75. The Morgan fingerprint density at radius 1 is 1.40 bits per heavy atom. The molecule has 0 amide bonds. The normalized spacial score (nSPS) is 20.6. The van der Waals surface area contributed by atoms with Crippen LogP contribution in [0.25, 0.3) is 0 Å². The zero-order chi connectivity index (χ0) is 10.7. The number of hydrogen-bond donors (Lipinski definition) is 0. The molecule has 0 saturated carbocycles. The molecular formula is C12H15NO2. The van der Waals surface area contributed by atoms with E-state index >= 15 is 0 Å². The van der Waals surface area contributed by atoms with Crippen LogP contribution < -0.4 is 4.90 Å². The van der Waals surface area contributed by atoms with Crippen molar-refractivity contribution in [2.24, 2.45) is 0 Å². The van der Waals surface area contributed by atoms with Gasteiger partial charge in [-0.1, -0.05) is 0 Å². The number of hydrogen-bond acceptors (Lipinski definition) is 3. The molecule has 0 aliphatic carbocycles. The van der Waals surface area contributed by atoms with Gasteiger partial charge in [0.15, 0.2) is 0 Å². The van der Waals surface area contributed by atoms with Crippen molar-refractivity contribution in [2.45, 2.75) is 12.5 Å². The first-order valence-corrected chi connectivity index (χ1v) is 5.16. The molecule has 1 aliphatic rings. The van der Waals surface area contributed by atoms with E-state index in [4.69, 9.17) is 4.74 Å². The summed E-state index contributed by atoms with van der Waals surface area (Å²) in [7, 11) is 1.75. The summed E-state index contributed by atoms with van der Waals surface area (Å²) in [6.45, 7) is 1.97. The smallest absolute Gasteiger partial charge is 0.150 e. The molecule has 1 unspecified atom stereocenters. The van der Waals surface area contributed by atoms with Gasteiger partial charge in [-0.15, -0.1) is 0 Å². The summed E-state index contributed by atoms with van der Waals surface area (Å²) in [6.07, 6.45) is 2.29. The standard InChI is InChI=1S/C12H15NO2/c1-15-12-6-7-13(8-12)11-4-2-10(9-14)3-5-11/h2-5,9,12H,6-8H2,1H3. The molecule has 0 spiro atoms. The topological polar surface area (TPSA) is 29.5 Å². The molecule has 3 heteroatoms. The summed E-state index contributed by atoms with van der Waals surface area (Å²) >= 11 is 0. The van der Waals surface area contributed by atoms with Crippen molar-refractivity contribution in [3.05, 3.63) is 29.8 Å². The Balaban J connectivity index is 2.07. The lowest BCUT2D eigenvalue weighted by molar-refractivity contribution is 0.112. The second kappa shape index (κ2) is 4.45. The second-order valence-electron chi connectivity index (χ2n) is 3.80. The predicted octanol–water partition coefficient (Wildman–Crippen LogP) is 1.72. The number of methoxy groups -OCH3 is 1. The van der Waals surface area contributed by atoms with Crippen LogP contribution in [0.1, 0.15) is 16.8 Å². The predicted molar refractivity (Wildman–Crippen MR) is 59.5 cm³/mol. The number of ether oxygens (including phenoxy) is 1. The molecular weight excluding hydrogens is 190 g/mol. The van der Waals surface area contributed by atoms with Crippen molar-refractivity contribution < 1.29 is 9.53 Å². The van der Waals surface area contributed by atoms with Crippen LogP contribution in [0, 0.1) is 0 Å². The highest BCUT2D eigenvalue weighted by atomic mass is 16.5. The molecule has 1 fully saturated rings. The molecule has 1 aromatic rings. The van der Waals surface area contributed by atoms with Crippen molar-refractivity contribution in [3.63, 3.8) is 0 Å².